The van der Waals surface area contributed by atoms with E-state index in [1.165, 1.54) is 5.56 Å². The number of hydrogen-bond acceptors (Lipinski definition) is 2. The smallest absolute Gasteiger partial charge is 0.0945 e. The summed E-state index contributed by atoms with van der Waals surface area (Å²) >= 11 is 20.3. The Balaban J connectivity index is 1.60. The Kier molecular flexibility index (Phi) is 7.95. The first-order chi connectivity index (χ1) is 13.1. The van der Waals surface area contributed by atoms with Gasteiger partial charge in [-0.3, -0.25) is 0 Å². The van der Waals surface area contributed by atoms with Gasteiger partial charge in [-0.15, -0.1) is 0 Å². The highest BCUT2D eigenvalue weighted by atomic mass is 35.5. The van der Waals surface area contributed by atoms with Gasteiger partial charge in [0.1, 0.15) is 0 Å². The van der Waals surface area contributed by atoms with E-state index in [0.29, 0.717) is 10.3 Å². The van der Waals surface area contributed by atoms with Crippen molar-refractivity contribution < 1.29 is 0 Å². The number of aryl methyl sites for hydroxylation is 2. The molecule has 1 atom stereocenters. The number of aromatic nitrogens is 2. The van der Waals surface area contributed by atoms with Crippen molar-refractivity contribution in [2.45, 2.75) is 36.8 Å². The summed E-state index contributed by atoms with van der Waals surface area (Å²) in [5.41, 5.74) is 2.45. The van der Waals surface area contributed by atoms with Crippen molar-refractivity contribution in [3.63, 3.8) is 0 Å². The van der Waals surface area contributed by atoms with Gasteiger partial charge in [0.05, 0.1) is 6.33 Å². The molecule has 0 aliphatic heterocycles. The molecular formula is C21H21Cl3N2S. The first-order valence-corrected chi connectivity index (χ1v) is 11.0. The maximum Gasteiger partial charge on any atom is 0.0945 e. The zero-order valence-electron chi connectivity index (χ0n) is 14.8. The van der Waals surface area contributed by atoms with Gasteiger partial charge in [0.15, 0.2) is 0 Å². The van der Waals surface area contributed by atoms with E-state index in [2.05, 4.69) is 21.7 Å². The molecule has 142 valence electrons. The van der Waals surface area contributed by atoms with E-state index in [0.717, 1.165) is 47.2 Å². The van der Waals surface area contributed by atoms with Crippen molar-refractivity contribution in [3.8, 4) is 0 Å². The second-order valence-corrected chi connectivity index (χ2v) is 8.99. The monoisotopic (exact) mass is 438 g/mol. The number of nitrogens with zero attached hydrogens (tertiary/aromatic N) is 2. The van der Waals surface area contributed by atoms with Gasteiger partial charge in [-0.05, 0) is 54.7 Å². The third kappa shape index (κ3) is 6.76. The molecule has 2 nitrogen and oxygen atoms in total. The van der Waals surface area contributed by atoms with Gasteiger partial charge in [-0.1, -0.05) is 53.0 Å². The summed E-state index contributed by atoms with van der Waals surface area (Å²) in [6, 6.07) is 13.9. The normalized spacial score (nSPS) is 12.3. The molecule has 0 radical (unpaired) electrons. The lowest BCUT2D eigenvalue weighted by Gasteiger charge is -2.18. The van der Waals surface area contributed by atoms with Crippen LogP contribution in [0.15, 0.2) is 61.2 Å². The highest BCUT2D eigenvalue weighted by Gasteiger charge is 2.12. The molecule has 0 bridgehead atoms. The van der Waals surface area contributed by atoms with Crippen LogP contribution in [0.4, 0.5) is 0 Å². The molecule has 0 saturated heterocycles. The molecule has 0 saturated carbocycles. The molecule has 27 heavy (non-hydrogen) atoms. The average molecular weight is 440 g/mol. The van der Waals surface area contributed by atoms with Crippen LogP contribution in [-0.2, 0) is 18.7 Å². The summed E-state index contributed by atoms with van der Waals surface area (Å²) in [5, 5.41) is 2.71. The number of imidazole rings is 1. The Morgan fingerprint density at radius 2 is 1.74 bits per heavy atom. The highest BCUT2D eigenvalue weighted by Crippen LogP contribution is 2.30. The first kappa shape index (κ1) is 20.6. The molecule has 1 unspecified atom stereocenters. The second kappa shape index (κ2) is 10.4. The van der Waals surface area contributed by atoms with Gasteiger partial charge < -0.3 is 4.57 Å². The molecule has 6 heteroatoms. The van der Waals surface area contributed by atoms with Crippen LogP contribution in [0.3, 0.4) is 0 Å². The number of rotatable bonds is 9. The van der Waals surface area contributed by atoms with Crippen LogP contribution in [-0.4, -0.2) is 14.8 Å². The van der Waals surface area contributed by atoms with E-state index >= 15 is 0 Å². The number of halogens is 3. The summed E-state index contributed by atoms with van der Waals surface area (Å²) in [7, 11) is 0. The van der Waals surface area contributed by atoms with Gasteiger partial charge in [-0.25, -0.2) is 4.98 Å². The third-order valence-corrected chi connectivity index (χ3v) is 6.69. The van der Waals surface area contributed by atoms with E-state index in [-0.39, 0.29) is 0 Å². The van der Waals surface area contributed by atoms with E-state index in [1.807, 2.05) is 60.8 Å². The Bertz CT molecular complexity index is 835. The van der Waals surface area contributed by atoms with Gasteiger partial charge in [0, 0.05) is 45.0 Å². The van der Waals surface area contributed by atoms with E-state index in [1.54, 1.807) is 0 Å². The Morgan fingerprint density at radius 1 is 0.963 bits per heavy atom. The fraction of sp³-hybridized carbons (Fsp3) is 0.286. The van der Waals surface area contributed by atoms with Crippen LogP contribution in [0.1, 0.15) is 24.0 Å². The molecule has 2 aromatic carbocycles. The first-order valence-electron chi connectivity index (χ1n) is 8.86. The molecule has 0 amide bonds. The molecule has 0 aliphatic rings. The zero-order valence-corrected chi connectivity index (χ0v) is 17.9. The maximum absolute atomic E-state index is 6.34. The number of benzene rings is 2. The number of hydrogen-bond donors (Lipinski definition) is 0. The quantitative estimate of drug-likeness (QED) is 0.352. The molecule has 3 rings (SSSR count). The predicted octanol–water partition coefficient (Wildman–Crippen LogP) is 7.17. The van der Waals surface area contributed by atoms with E-state index < -0.39 is 0 Å². The van der Waals surface area contributed by atoms with Crippen LogP contribution >= 0.6 is 46.6 Å². The molecule has 0 aliphatic carbocycles. The molecule has 0 fully saturated rings. The van der Waals surface area contributed by atoms with Gasteiger partial charge in [0.25, 0.3) is 0 Å². The van der Waals surface area contributed by atoms with Crippen LogP contribution in [0.5, 0.6) is 0 Å². The third-order valence-electron chi connectivity index (χ3n) is 4.43. The lowest BCUT2D eigenvalue weighted by atomic mass is 10.1. The summed E-state index contributed by atoms with van der Waals surface area (Å²) in [4.78, 5) is 4.13. The fourth-order valence-corrected chi connectivity index (χ4v) is 4.75. The van der Waals surface area contributed by atoms with Crippen molar-refractivity contribution in [2.24, 2.45) is 0 Å². The van der Waals surface area contributed by atoms with Crippen molar-refractivity contribution >= 4 is 46.6 Å². The topological polar surface area (TPSA) is 17.8 Å². The van der Waals surface area contributed by atoms with Crippen LogP contribution < -0.4 is 0 Å². The fourth-order valence-electron chi connectivity index (χ4n) is 2.85. The molecular weight excluding hydrogens is 419 g/mol. The Labute approximate surface area is 179 Å². The molecule has 0 spiro atoms. The lowest BCUT2D eigenvalue weighted by Crippen LogP contribution is -2.09. The zero-order chi connectivity index (χ0) is 19.1. The minimum atomic E-state index is 0.523. The maximum atomic E-state index is 6.34. The van der Waals surface area contributed by atoms with Crippen LogP contribution in [0, 0.1) is 0 Å². The number of thioether (sulfide) groups is 1. The Hall–Kier alpha value is -1.13. The summed E-state index contributed by atoms with van der Waals surface area (Å²) in [6.45, 7) is 0.965. The highest BCUT2D eigenvalue weighted by molar-refractivity contribution is 7.99. The molecule has 1 aromatic heterocycles. The van der Waals surface area contributed by atoms with Crippen LogP contribution in [0.2, 0.25) is 15.1 Å². The van der Waals surface area contributed by atoms with Crippen LogP contribution in [0.25, 0.3) is 0 Å². The van der Waals surface area contributed by atoms with Gasteiger partial charge in [0.2, 0.25) is 0 Å². The summed E-state index contributed by atoms with van der Waals surface area (Å²) < 4.78 is 2.13. The minimum Gasteiger partial charge on any atom is -0.337 e. The minimum absolute atomic E-state index is 0.523. The summed E-state index contributed by atoms with van der Waals surface area (Å²) in [6.07, 6.45) is 8.93. The van der Waals surface area contributed by atoms with Crippen molar-refractivity contribution in [2.75, 3.05) is 0 Å². The predicted molar refractivity (Wildman–Crippen MR) is 118 cm³/mol. The average Bonchev–Trinajstić information content (AvgIpc) is 3.17. The molecule has 3 aromatic rings. The SMILES string of the molecule is Clc1ccc(CCC(CCn2ccnc2)SCc2ccc(Cl)cc2Cl)cc1. The van der Waals surface area contributed by atoms with E-state index in [9.17, 15) is 0 Å². The van der Waals surface area contributed by atoms with Crippen molar-refractivity contribution in [1.82, 2.24) is 9.55 Å². The van der Waals surface area contributed by atoms with Crippen molar-refractivity contribution in [1.29, 1.82) is 0 Å². The largest absolute Gasteiger partial charge is 0.337 e. The van der Waals surface area contributed by atoms with Crippen molar-refractivity contribution in [3.05, 3.63) is 87.4 Å². The van der Waals surface area contributed by atoms with Gasteiger partial charge >= 0.3 is 0 Å². The summed E-state index contributed by atoms with van der Waals surface area (Å²) in [5.74, 6) is 0.880. The van der Waals surface area contributed by atoms with Gasteiger partial charge in [-0.2, -0.15) is 11.8 Å². The Morgan fingerprint density at radius 3 is 2.44 bits per heavy atom. The lowest BCUT2D eigenvalue weighted by molar-refractivity contribution is 0.598. The molecule has 1 heterocycles. The van der Waals surface area contributed by atoms with E-state index in [4.69, 9.17) is 34.8 Å². The second-order valence-electron chi connectivity index (χ2n) is 6.42. The molecule has 0 N–H and O–H groups in total. The standard InChI is InChI=1S/C21H21Cl3N2S/c22-18-5-1-16(2-6-18)3-8-20(9-11-26-12-10-25-15-26)27-14-17-4-7-19(23)13-21(17)24/h1-2,4-7,10,12-13,15,20H,3,8-9,11,14H2.